The largest absolute Gasteiger partial charge is 0.396 e. The van der Waals surface area contributed by atoms with Crippen LogP contribution in [0, 0.1) is 5.92 Å². The van der Waals surface area contributed by atoms with Crippen LogP contribution >= 0.6 is 24.0 Å². The predicted molar refractivity (Wildman–Crippen MR) is 80.5 cm³/mol. The number of aliphatic hydroxyl groups is 1. The maximum atomic E-state index is 8.90. The molecule has 0 saturated heterocycles. The number of hydrogen-bond donors (Lipinski definition) is 3. The van der Waals surface area contributed by atoms with Gasteiger partial charge in [-0.1, -0.05) is 13.8 Å². The molecule has 2 unspecified atom stereocenters. The lowest BCUT2D eigenvalue weighted by Gasteiger charge is -2.16. The van der Waals surface area contributed by atoms with E-state index in [1.807, 2.05) is 13.8 Å². The zero-order valence-electron chi connectivity index (χ0n) is 10.8. The van der Waals surface area contributed by atoms with Crippen LogP contribution in [0.4, 0.5) is 0 Å². The Labute approximate surface area is 116 Å². The molecule has 98 valence electrons. The van der Waals surface area contributed by atoms with Gasteiger partial charge in [0.15, 0.2) is 5.96 Å². The molecular formula is C11H26IN3O. The molecule has 0 bridgehead atoms. The Hall–Kier alpha value is -0.0400. The predicted octanol–water partition coefficient (Wildman–Crippen LogP) is 1.59. The van der Waals surface area contributed by atoms with Crippen molar-refractivity contribution in [3.05, 3.63) is 0 Å². The molecule has 0 aromatic rings. The molecule has 3 N–H and O–H groups in total. The summed E-state index contributed by atoms with van der Waals surface area (Å²) >= 11 is 0. The molecule has 0 saturated carbocycles. The lowest BCUT2D eigenvalue weighted by molar-refractivity contribution is 0.241. The van der Waals surface area contributed by atoms with E-state index in [2.05, 4.69) is 29.5 Å². The van der Waals surface area contributed by atoms with Crippen molar-refractivity contribution in [2.24, 2.45) is 10.9 Å². The fourth-order valence-corrected chi connectivity index (χ4v) is 0.960. The van der Waals surface area contributed by atoms with Gasteiger partial charge >= 0.3 is 0 Å². The van der Waals surface area contributed by atoms with Crippen molar-refractivity contribution in [1.82, 2.24) is 10.6 Å². The molecule has 0 fully saturated rings. The maximum absolute atomic E-state index is 8.90. The quantitative estimate of drug-likeness (QED) is 0.390. The first-order chi connectivity index (χ1) is 7.13. The van der Waals surface area contributed by atoms with Crippen molar-refractivity contribution in [2.75, 3.05) is 19.7 Å². The second kappa shape index (κ2) is 11.4. The number of aliphatic imine (C=N–C) groups is 1. The normalized spacial score (nSPS) is 14.9. The Morgan fingerprint density at radius 2 is 1.94 bits per heavy atom. The van der Waals surface area contributed by atoms with Crippen molar-refractivity contribution < 1.29 is 5.11 Å². The lowest BCUT2D eigenvalue weighted by atomic mass is 10.2. The third-order valence-electron chi connectivity index (χ3n) is 2.21. The van der Waals surface area contributed by atoms with E-state index in [1.54, 1.807) is 0 Å². The van der Waals surface area contributed by atoms with Crippen LogP contribution in [0.1, 0.15) is 34.1 Å². The standard InChI is InChI=1S/C11H25N3O.HI/c1-5-10(4)14-11(12-6-2)13-7-9(3)8-15;/h9-10,15H,5-8H2,1-4H3,(H2,12,13,14);1H. The van der Waals surface area contributed by atoms with Crippen molar-refractivity contribution in [1.29, 1.82) is 0 Å². The highest BCUT2D eigenvalue weighted by atomic mass is 127. The molecule has 0 heterocycles. The molecule has 0 amide bonds. The second-order valence-corrected chi connectivity index (χ2v) is 3.96. The summed E-state index contributed by atoms with van der Waals surface area (Å²) in [5.74, 6) is 1.06. The number of rotatable bonds is 6. The lowest BCUT2D eigenvalue weighted by Crippen LogP contribution is -2.42. The van der Waals surface area contributed by atoms with Gasteiger partial charge in [0.25, 0.3) is 0 Å². The van der Waals surface area contributed by atoms with Crippen LogP contribution < -0.4 is 10.6 Å². The summed E-state index contributed by atoms with van der Waals surface area (Å²) < 4.78 is 0. The summed E-state index contributed by atoms with van der Waals surface area (Å²) in [7, 11) is 0. The average molecular weight is 343 g/mol. The van der Waals surface area contributed by atoms with Crippen molar-refractivity contribution >= 4 is 29.9 Å². The van der Waals surface area contributed by atoms with Crippen LogP contribution in [0.2, 0.25) is 0 Å². The van der Waals surface area contributed by atoms with E-state index < -0.39 is 0 Å². The van der Waals surface area contributed by atoms with Crippen LogP contribution in [0.15, 0.2) is 4.99 Å². The monoisotopic (exact) mass is 343 g/mol. The highest BCUT2D eigenvalue weighted by molar-refractivity contribution is 14.0. The molecule has 0 aliphatic heterocycles. The van der Waals surface area contributed by atoms with Gasteiger partial charge in [0.1, 0.15) is 0 Å². The van der Waals surface area contributed by atoms with Crippen LogP contribution in [0.25, 0.3) is 0 Å². The van der Waals surface area contributed by atoms with E-state index in [4.69, 9.17) is 5.11 Å². The van der Waals surface area contributed by atoms with Crippen LogP contribution in [0.3, 0.4) is 0 Å². The Bertz CT molecular complexity index is 188. The third-order valence-corrected chi connectivity index (χ3v) is 2.21. The Kier molecular flexibility index (Phi) is 13.1. The summed E-state index contributed by atoms with van der Waals surface area (Å²) in [6.45, 7) is 9.99. The van der Waals surface area contributed by atoms with Crippen molar-refractivity contribution in [3.8, 4) is 0 Å². The molecule has 0 rings (SSSR count). The summed E-state index contributed by atoms with van der Waals surface area (Å²) in [6.07, 6.45) is 1.07. The van der Waals surface area contributed by atoms with Gasteiger partial charge in [0, 0.05) is 25.7 Å². The minimum Gasteiger partial charge on any atom is -0.396 e. The van der Waals surface area contributed by atoms with Gasteiger partial charge in [-0.15, -0.1) is 24.0 Å². The van der Waals surface area contributed by atoms with Gasteiger partial charge < -0.3 is 15.7 Å². The molecular weight excluding hydrogens is 317 g/mol. The zero-order chi connectivity index (χ0) is 11.7. The fraction of sp³-hybridized carbons (Fsp3) is 0.909. The summed E-state index contributed by atoms with van der Waals surface area (Å²) in [6, 6.07) is 0.423. The molecule has 0 radical (unpaired) electrons. The molecule has 5 heteroatoms. The van der Waals surface area contributed by atoms with Gasteiger partial charge in [0.2, 0.25) is 0 Å². The van der Waals surface area contributed by atoms with E-state index in [0.29, 0.717) is 12.6 Å². The van der Waals surface area contributed by atoms with Crippen LogP contribution in [-0.2, 0) is 0 Å². The topological polar surface area (TPSA) is 56.7 Å². The van der Waals surface area contributed by atoms with Gasteiger partial charge in [-0.3, -0.25) is 4.99 Å². The minimum absolute atomic E-state index is 0. The number of aliphatic hydroxyl groups excluding tert-OH is 1. The number of guanidine groups is 1. The van der Waals surface area contributed by atoms with E-state index in [1.165, 1.54) is 0 Å². The second-order valence-electron chi connectivity index (χ2n) is 3.96. The third kappa shape index (κ3) is 9.21. The van der Waals surface area contributed by atoms with Gasteiger partial charge in [-0.2, -0.15) is 0 Å². The molecule has 0 spiro atoms. The molecule has 2 atom stereocenters. The summed E-state index contributed by atoms with van der Waals surface area (Å²) in [5, 5.41) is 15.4. The smallest absolute Gasteiger partial charge is 0.191 e. The van der Waals surface area contributed by atoms with Crippen molar-refractivity contribution in [3.63, 3.8) is 0 Å². The van der Waals surface area contributed by atoms with E-state index in [-0.39, 0.29) is 36.5 Å². The summed E-state index contributed by atoms with van der Waals surface area (Å²) in [4.78, 5) is 4.41. The van der Waals surface area contributed by atoms with E-state index >= 15 is 0 Å². The Morgan fingerprint density at radius 3 is 2.38 bits per heavy atom. The number of halogens is 1. The maximum Gasteiger partial charge on any atom is 0.191 e. The first kappa shape index (κ1) is 18.3. The highest BCUT2D eigenvalue weighted by Gasteiger charge is 2.03. The van der Waals surface area contributed by atoms with Crippen LogP contribution in [0.5, 0.6) is 0 Å². The number of nitrogens with zero attached hydrogens (tertiary/aromatic N) is 1. The Morgan fingerprint density at radius 1 is 1.31 bits per heavy atom. The first-order valence-corrected chi connectivity index (χ1v) is 5.79. The summed E-state index contributed by atoms with van der Waals surface area (Å²) in [5.41, 5.74) is 0. The Balaban J connectivity index is 0. The molecule has 0 aromatic carbocycles. The molecule has 0 aliphatic rings. The highest BCUT2D eigenvalue weighted by Crippen LogP contribution is 1.93. The van der Waals surface area contributed by atoms with E-state index in [9.17, 15) is 0 Å². The van der Waals surface area contributed by atoms with Gasteiger partial charge in [-0.25, -0.2) is 0 Å². The van der Waals surface area contributed by atoms with Gasteiger partial charge in [0.05, 0.1) is 0 Å². The minimum atomic E-state index is 0. The molecule has 0 aromatic heterocycles. The zero-order valence-corrected chi connectivity index (χ0v) is 13.1. The SMILES string of the molecule is CCNC(=NCC(C)CO)NC(C)CC.I. The fourth-order valence-electron chi connectivity index (χ4n) is 0.960. The number of hydrogen-bond acceptors (Lipinski definition) is 2. The van der Waals surface area contributed by atoms with Gasteiger partial charge in [-0.05, 0) is 26.2 Å². The van der Waals surface area contributed by atoms with E-state index in [0.717, 1.165) is 18.9 Å². The van der Waals surface area contributed by atoms with Crippen LogP contribution in [-0.4, -0.2) is 36.8 Å². The molecule has 16 heavy (non-hydrogen) atoms. The first-order valence-electron chi connectivity index (χ1n) is 5.79. The van der Waals surface area contributed by atoms with Crippen molar-refractivity contribution in [2.45, 2.75) is 40.2 Å². The molecule has 0 aliphatic carbocycles. The number of nitrogens with one attached hydrogen (secondary N) is 2. The molecule has 4 nitrogen and oxygen atoms in total. The average Bonchev–Trinajstić information content (AvgIpc) is 2.25.